The van der Waals surface area contributed by atoms with Crippen molar-refractivity contribution in [3.63, 3.8) is 0 Å². The molecule has 3 aliphatic rings. The third-order valence-corrected chi connectivity index (χ3v) is 7.85. The van der Waals surface area contributed by atoms with E-state index in [1.807, 2.05) is 23.1 Å². The van der Waals surface area contributed by atoms with Crippen LogP contribution in [0.2, 0.25) is 0 Å². The zero-order chi connectivity index (χ0) is 25.8. The highest BCUT2D eigenvalue weighted by molar-refractivity contribution is 5.95. The number of nitrogens with one attached hydrogen (secondary N) is 2. The van der Waals surface area contributed by atoms with E-state index in [9.17, 15) is 14.4 Å². The van der Waals surface area contributed by atoms with Gasteiger partial charge in [0.2, 0.25) is 11.8 Å². The van der Waals surface area contributed by atoms with Crippen molar-refractivity contribution < 1.29 is 19.1 Å². The van der Waals surface area contributed by atoms with Gasteiger partial charge in [-0.15, -0.1) is 0 Å². The van der Waals surface area contributed by atoms with E-state index in [-0.39, 0.29) is 29.7 Å². The Hall–Kier alpha value is -3.23. The first-order valence-electron chi connectivity index (χ1n) is 13.3. The Bertz CT molecular complexity index is 1090. The summed E-state index contributed by atoms with van der Waals surface area (Å²) in [6, 6.07) is 17.3. The Morgan fingerprint density at radius 3 is 2.30 bits per heavy atom. The molecule has 8 heteroatoms. The molecule has 3 aliphatic heterocycles. The number of carbonyl (C=O) groups is 3. The van der Waals surface area contributed by atoms with Crippen LogP contribution in [0.4, 0.5) is 5.69 Å². The molecule has 3 fully saturated rings. The number of likely N-dealkylation sites (tertiary alicyclic amines) is 2. The molecular weight excluding hydrogens is 468 g/mol. The predicted octanol–water partition coefficient (Wildman–Crippen LogP) is 2.93. The summed E-state index contributed by atoms with van der Waals surface area (Å²) in [4.78, 5) is 41.5. The van der Waals surface area contributed by atoms with Crippen LogP contribution in [0.3, 0.4) is 0 Å². The number of anilines is 1. The summed E-state index contributed by atoms with van der Waals surface area (Å²) in [6.07, 6.45) is 1.64. The monoisotopic (exact) mass is 504 g/mol. The molecule has 0 saturated carbocycles. The van der Waals surface area contributed by atoms with Crippen molar-refractivity contribution in [3.8, 4) is 0 Å². The zero-order valence-corrected chi connectivity index (χ0v) is 21.4. The van der Waals surface area contributed by atoms with Crippen LogP contribution in [-0.4, -0.2) is 73.5 Å². The molecule has 0 aliphatic carbocycles. The molecule has 0 spiro atoms. The number of hydrogen-bond acceptors (Lipinski definition) is 5. The van der Waals surface area contributed by atoms with Crippen LogP contribution >= 0.6 is 0 Å². The van der Waals surface area contributed by atoms with Crippen LogP contribution < -0.4 is 10.6 Å². The number of fused-ring (bicyclic) bond motifs is 1. The van der Waals surface area contributed by atoms with Crippen LogP contribution in [0.15, 0.2) is 54.6 Å². The second-order valence-corrected chi connectivity index (χ2v) is 10.6. The van der Waals surface area contributed by atoms with E-state index in [0.717, 1.165) is 51.1 Å². The SMILES string of the molecule is CC(=O)Nc1ccc(C(=O)N2CC3CN(CCC(NC(=O)C4CCOC4)c4ccccc4)C[C@H]3C2)cc1. The first-order chi connectivity index (χ1) is 18.0. The molecular formula is C29H36N4O4. The minimum atomic E-state index is -0.128. The van der Waals surface area contributed by atoms with E-state index in [1.54, 1.807) is 24.3 Å². The first-order valence-corrected chi connectivity index (χ1v) is 13.3. The fraction of sp³-hybridized carbons (Fsp3) is 0.483. The predicted molar refractivity (Wildman–Crippen MR) is 141 cm³/mol. The maximum atomic E-state index is 13.1. The molecule has 37 heavy (non-hydrogen) atoms. The van der Waals surface area contributed by atoms with E-state index in [2.05, 4.69) is 27.7 Å². The molecule has 3 amide bonds. The molecule has 8 nitrogen and oxygen atoms in total. The van der Waals surface area contributed by atoms with Gasteiger partial charge in [0.15, 0.2) is 0 Å². The molecule has 2 aromatic carbocycles. The first kappa shape index (κ1) is 25.4. The number of nitrogens with zero attached hydrogens (tertiary/aromatic N) is 2. The number of amides is 3. The Morgan fingerprint density at radius 1 is 0.973 bits per heavy atom. The van der Waals surface area contributed by atoms with Gasteiger partial charge in [-0.3, -0.25) is 14.4 Å². The fourth-order valence-corrected chi connectivity index (χ4v) is 5.87. The lowest BCUT2D eigenvalue weighted by molar-refractivity contribution is -0.125. The largest absolute Gasteiger partial charge is 0.381 e. The summed E-state index contributed by atoms with van der Waals surface area (Å²) < 4.78 is 5.41. The van der Waals surface area contributed by atoms with Gasteiger partial charge in [0.05, 0.1) is 18.6 Å². The third kappa shape index (κ3) is 6.19. The fourth-order valence-electron chi connectivity index (χ4n) is 5.87. The third-order valence-electron chi connectivity index (χ3n) is 7.85. The van der Waals surface area contributed by atoms with Crippen molar-refractivity contribution in [2.75, 3.05) is 51.3 Å². The summed E-state index contributed by atoms with van der Waals surface area (Å²) in [5.74, 6) is 0.910. The molecule has 3 heterocycles. The van der Waals surface area contributed by atoms with Crippen molar-refractivity contribution in [2.24, 2.45) is 17.8 Å². The van der Waals surface area contributed by atoms with Gasteiger partial charge in [-0.1, -0.05) is 30.3 Å². The van der Waals surface area contributed by atoms with Crippen molar-refractivity contribution >= 4 is 23.4 Å². The number of rotatable bonds is 8. The second kappa shape index (κ2) is 11.4. The van der Waals surface area contributed by atoms with E-state index in [4.69, 9.17) is 4.74 Å². The quantitative estimate of drug-likeness (QED) is 0.577. The van der Waals surface area contributed by atoms with Crippen LogP contribution in [0.25, 0.3) is 0 Å². The highest BCUT2D eigenvalue weighted by Gasteiger charge is 2.41. The second-order valence-electron chi connectivity index (χ2n) is 10.6. The van der Waals surface area contributed by atoms with Gasteiger partial charge in [-0.25, -0.2) is 0 Å². The minimum Gasteiger partial charge on any atom is -0.381 e. The summed E-state index contributed by atoms with van der Waals surface area (Å²) in [6.45, 7) is 7.04. The van der Waals surface area contributed by atoms with Gasteiger partial charge in [0.25, 0.3) is 5.91 Å². The van der Waals surface area contributed by atoms with Gasteiger partial charge in [-0.2, -0.15) is 0 Å². The average molecular weight is 505 g/mol. The zero-order valence-electron chi connectivity index (χ0n) is 21.4. The molecule has 196 valence electrons. The van der Waals surface area contributed by atoms with Crippen LogP contribution in [0.5, 0.6) is 0 Å². The van der Waals surface area contributed by atoms with Gasteiger partial charge < -0.3 is 25.2 Å². The molecule has 0 bridgehead atoms. The number of carbonyl (C=O) groups excluding carboxylic acids is 3. The molecule has 5 rings (SSSR count). The summed E-state index contributed by atoms with van der Waals surface area (Å²) in [5, 5.41) is 6.02. The van der Waals surface area contributed by atoms with Crippen molar-refractivity contribution in [2.45, 2.75) is 25.8 Å². The summed E-state index contributed by atoms with van der Waals surface area (Å²) in [5.41, 5.74) is 2.48. The maximum Gasteiger partial charge on any atom is 0.253 e. The molecule has 2 N–H and O–H groups in total. The van der Waals surface area contributed by atoms with E-state index in [1.165, 1.54) is 6.92 Å². The van der Waals surface area contributed by atoms with Gasteiger partial charge >= 0.3 is 0 Å². The highest BCUT2D eigenvalue weighted by Crippen LogP contribution is 2.33. The van der Waals surface area contributed by atoms with Gasteiger partial charge in [0.1, 0.15) is 0 Å². The van der Waals surface area contributed by atoms with E-state index < -0.39 is 0 Å². The van der Waals surface area contributed by atoms with E-state index >= 15 is 0 Å². The Labute approximate surface area is 218 Å². The van der Waals surface area contributed by atoms with Crippen molar-refractivity contribution in [3.05, 3.63) is 65.7 Å². The number of ether oxygens (including phenoxy) is 1. The standard InChI is InChI=1S/C29H36N4O4/c1-20(34)30-26-9-7-22(8-10-26)29(36)33-17-24-15-32(16-25(24)18-33)13-11-27(21-5-3-2-4-6-21)31-28(35)23-12-14-37-19-23/h2-10,23-25,27H,11-19H2,1H3,(H,30,34)(H,31,35)/t23?,24-,25?,27?/m0/s1. The van der Waals surface area contributed by atoms with Crippen molar-refractivity contribution in [1.82, 2.24) is 15.1 Å². The van der Waals surface area contributed by atoms with Gasteiger partial charge in [0, 0.05) is 57.5 Å². The molecule has 0 radical (unpaired) electrons. The average Bonchev–Trinajstić information content (AvgIpc) is 3.64. The molecule has 4 atom stereocenters. The smallest absolute Gasteiger partial charge is 0.253 e. The summed E-state index contributed by atoms with van der Waals surface area (Å²) in [7, 11) is 0. The Balaban J connectivity index is 1.13. The van der Waals surface area contributed by atoms with Crippen molar-refractivity contribution in [1.29, 1.82) is 0 Å². The lowest BCUT2D eigenvalue weighted by Gasteiger charge is -2.25. The van der Waals surface area contributed by atoms with Crippen LogP contribution in [0.1, 0.15) is 41.7 Å². The summed E-state index contributed by atoms with van der Waals surface area (Å²) >= 11 is 0. The van der Waals surface area contributed by atoms with E-state index in [0.29, 0.717) is 36.3 Å². The lowest BCUT2D eigenvalue weighted by atomic mass is 10.0. The number of benzene rings is 2. The normalized spacial score (nSPS) is 24.0. The minimum absolute atomic E-state index is 0.0201. The Kier molecular flexibility index (Phi) is 7.86. The lowest BCUT2D eigenvalue weighted by Crippen LogP contribution is -2.37. The van der Waals surface area contributed by atoms with Crippen LogP contribution in [-0.2, 0) is 14.3 Å². The molecule has 0 aromatic heterocycles. The number of hydrogen-bond donors (Lipinski definition) is 2. The highest BCUT2D eigenvalue weighted by atomic mass is 16.5. The Morgan fingerprint density at radius 2 is 1.68 bits per heavy atom. The topological polar surface area (TPSA) is 91.0 Å². The molecule has 3 saturated heterocycles. The van der Waals surface area contributed by atoms with Crippen LogP contribution in [0, 0.1) is 17.8 Å². The maximum absolute atomic E-state index is 13.1. The molecule has 2 aromatic rings. The van der Waals surface area contributed by atoms with Gasteiger partial charge in [-0.05, 0) is 54.5 Å². The molecule has 3 unspecified atom stereocenters.